The van der Waals surface area contributed by atoms with Crippen molar-refractivity contribution in [2.24, 2.45) is 0 Å². The monoisotopic (exact) mass is 314 g/mol. The SMILES string of the molecule is CCCC(C=O)N/C(=C/C=C(\C)c1ccc(NCC)cc1)CC. The summed E-state index contributed by atoms with van der Waals surface area (Å²) in [5.74, 6) is 0. The molecule has 0 aliphatic carbocycles. The molecular formula is C20H30N2O. The third-order valence-electron chi connectivity index (χ3n) is 3.77. The summed E-state index contributed by atoms with van der Waals surface area (Å²) >= 11 is 0. The van der Waals surface area contributed by atoms with E-state index in [1.54, 1.807) is 0 Å². The zero-order valence-electron chi connectivity index (χ0n) is 14.9. The number of carbonyl (C=O) groups is 1. The van der Waals surface area contributed by atoms with E-state index in [9.17, 15) is 4.79 Å². The summed E-state index contributed by atoms with van der Waals surface area (Å²) in [6.07, 6.45) is 7.96. The molecule has 1 atom stereocenters. The van der Waals surface area contributed by atoms with Crippen LogP contribution in [0.4, 0.5) is 5.69 Å². The normalized spacial score (nSPS) is 13.6. The van der Waals surface area contributed by atoms with Crippen LogP contribution in [0.3, 0.4) is 0 Å². The van der Waals surface area contributed by atoms with Gasteiger partial charge in [0, 0.05) is 17.9 Å². The van der Waals surface area contributed by atoms with Gasteiger partial charge in [-0.05, 0) is 56.0 Å². The Kier molecular flexibility index (Phi) is 8.81. The van der Waals surface area contributed by atoms with E-state index >= 15 is 0 Å². The van der Waals surface area contributed by atoms with Crippen molar-refractivity contribution < 1.29 is 4.79 Å². The average molecular weight is 314 g/mol. The maximum absolute atomic E-state index is 11.1. The molecule has 0 aliphatic heterocycles. The van der Waals surface area contributed by atoms with E-state index in [-0.39, 0.29) is 6.04 Å². The average Bonchev–Trinajstić information content (AvgIpc) is 2.58. The molecule has 0 saturated heterocycles. The molecule has 0 amide bonds. The van der Waals surface area contributed by atoms with Crippen LogP contribution in [0.5, 0.6) is 0 Å². The fourth-order valence-corrected chi connectivity index (χ4v) is 2.37. The number of benzene rings is 1. The molecule has 2 N–H and O–H groups in total. The first-order chi connectivity index (χ1) is 11.1. The van der Waals surface area contributed by atoms with Gasteiger partial charge >= 0.3 is 0 Å². The zero-order chi connectivity index (χ0) is 17.1. The highest BCUT2D eigenvalue weighted by molar-refractivity contribution is 5.67. The minimum Gasteiger partial charge on any atom is -0.385 e. The predicted molar refractivity (Wildman–Crippen MR) is 101 cm³/mol. The molecule has 0 radical (unpaired) electrons. The molecule has 1 rings (SSSR count). The first kappa shape index (κ1) is 19.0. The predicted octanol–water partition coefficient (Wildman–Crippen LogP) is 4.77. The minimum atomic E-state index is -0.0840. The van der Waals surface area contributed by atoms with Crippen LogP contribution in [0.25, 0.3) is 5.57 Å². The van der Waals surface area contributed by atoms with Crippen molar-refractivity contribution in [1.29, 1.82) is 0 Å². The van der Waals surface area contributed by atoms with Gasteiger partial charge in [-0.2, -0.15) is 0 Å². The fourth-order valence-electron chi connectivity index (χ4n) is 2.37. The van der Waals surface area contributed by atoms with Crippen LogP contribution in [0, 0.1) is 0 Å². The van der Waals surface area contributed by atoms with Crippen LogP contribution in [-0.4, -0.2) is 18.9 Å². The molecule has 126 valence electrons. The molecule has 0 aromatic heterocycles. The van der Waals surface area contributed by atoms with E-state index in [1.807, 2.05) is 0 Å². The van der Waals surface area contributed by atoms with Gasteiger partial charge in [-0.15, -0.1) is 0 Å². The van der Waals surface area contributed by atoms with E-state index in [0.717, 1.165) is 43.5 Å². The van der Waals surface area contributed by atoms with Gasteiger partial charge < -0.3 is 15.4 Å². The van der Waals surface area contributed by atoms with Crippen molar-refractivity contribution >= 4 is 17.5 Å². The Morgan fingerprint density at radius 1 is 1.13 bits per heavy atom. The smallest absolute Gasteiger partial charge is 0.142 e. The molecule has 0 spiro atoms. The van der Waals surface area contributed by atoms with E-state index in [2.05, 4.69) is 74.7 Å². The summed E-state index contributed by atoms with van der Waals surface area (Å²) in [6, 6.07) is 8.37. The van der Waals surface area contributed by atoms with Crippen LogP contribution >= 0.6 is 0 Å². The number of anilines is 1. The maximum Gasteiger partial charge on any atom is 0.142 e. The standard InChI is InChI=1S/C20H30N2O/c1-5-8-20(15-23)22-18(6-2)12-9-16(4)17-10-13-19(14-11-17)21-7-3/h9-15,20-22H,5-8H2,1-4H3/b16-9+,18-12+. The van der Waals surface area contributed by atoms with Crippen molar-refractivity contribution in [2.75, 3.05) is 11.9 Å². The van der Waals surface area contributed by atoms with Gasteiger partial charge in [-0.1, -0.05) is 38.5 Å². The number of carbonyl (C=O) groups excluding carboxylic acids is 1. The Balaban J connectivity index is 2.79. The molecule has 1 aromatic carbocycles. The zero-order valence-corrected chi connectivity index (χ0v) is 14.9. The van der Waals surface area contributed by atoms with Crippen molar-refractivity contribution in [3.8, 4) is 0 Å². The van der Waals surface area contributed by atoms with E-state index in [4.69, 9.17) is 0 Å². The minimum absolute atomic E-state index is 0.0840. The highest BCUT2D eigenvalue weighted by Gasteiger charge is 2.05. The summed E-state index contributed by atoms with van der Waals surface area (Å²) in [5, 5.41) is 6.62. The highest BCUT2D eigenvalue weighted by Crippen LogP contribution is 2.17. The van der Waals surface area contributed by atoms with Gasteiger partial charge in [-0.25, -0.2) is 0 Å². The third-order valence-corrected chi connectivity index (χ3v) is 3.77. The summed E-state index contributed by atoms with van der Waals surface area (Å²) in [5.41, 5.74) is 4.65. The lowest BCUT2D eigenvalue weighted by molar-refractivity contribution is -0.109. The van der Waals surface area contributed by atoms with Crippen LogP contribution in [0.15, 0.2) is 42.1 Å². The van der Waals surface area contributed by atoms with Gasteiger partial charge in [0.2, 0.25) is 0 Å². The molecule has 23 heavy (non-hydrogen) atoms. The van der Waals surface area contributed by atoms with E-state index < -0.39 is 0 Å². The third kappa shape index (κ3) is 6.72. The van der Waals surface area contributed by atoms with Crippen molar-refractivity contribution in [2.45, 2.75) is 53.0 Å². The molecular weight excluding hydrogens is 284 g/mol. The Bertz CT molecular complexity index is 529. The Morgan fingerprint density at radius 3 is 2.35 bits per heavy atom. The number of rotatable bonds is 10. The van der Waals surface area contributed by atoms with Gasteiger partial charge in [0.1, 0.15) is 6.29 Å². The van der Waals surface area contributed by atoms with Gasteiger partial charge in [0.25, 0.3) is 0 Å². The molecule has 1 aromatic rings. The largest absolute Gasteiger partial charge is 0.385 e. The lowest BCUT2D eigenvalue weighted by Gasteiger charge is -2.15. The first-order valence-corrected chi connectivity index (χ1v) is 8.58. The molecule has 0 bridgehead atoms. The second kappa shape index (κ2) is 10.7. The lowest BCUT2D eigenvalue weighted by atomic mass is 10.1. The Labute approximate surface area is 140 Å². The van der Waals surface area contributed by atoms with Crippen LogP contribution in [0.2, 0.25) is 0 Å². The lowest BCUT2D eigenvalue weighted by Crippen LogP contribution is -2.29. The van der Waals surface area contributed by atoms with Crippen LogP contribution < -0.4 is 10.6 Å². The number of allylic oxidation sites excluding steroid dienone is 4. The Hall–Kier alpha value is -2.03. The van der Waals surface area contributed by atoms with Crippen molar-refractivity contribution in [3.05, 3.63) is 47.7 Å². The van der Waals surface area contributed by atoms with E-state index in [0.29, 0.717) is 0 Å². The molecule has 0 heterocycles. The summed E-state index contributed by atoms with van der Waals surface area (Å²) in [7, 11) is 0. The molecule has 3 nitrogen and oxygen atoms in total. The number of aldehydes is 1. The van der Waals surface area contributed by atoms with Gasteiger partial charge in [-0.3, -0.25) is 0 Å². The molecule has 0 aliphatic rings. The highest BCUT2D eigenvalue weighted by atomic mass is 16.1. The van der Waals surface area contributed by atoms with Crippen LogP contribution in [-0.2, 0) is 4.79 Å². The molecule has 0 saturated carbocycles. The summed E-state index contributed by atoms with van der Waals surface area (Å²) in [6.45, 7) is 9.32. The number of nitrogens with one attached hydrogen (secondary N) is 2. The molecule has 3 heteroatoms. The van der Waals surface area contributed by atoms with Crippen molar-refractivity contribution in [1.82, 2.24) is 5.32 Å². The topological polar surface area (TPSA) is 41.1 Å². The fraction of sp³-hybridized carbons (Fsp3) is 0.450. The van der Waals surface area contributed by atoms with Crippen molar-refractivity contribution in [3.63, 3.8) is 0 Å². The van der Waals surface area contributed by atoms with Gasteiger partial charge in [0.15, 0.2) is 0 Å². The van der Waals surface area contributed by atoms with Crippen LogP contribution in [0.1, 0.15) is 52.5 Å². The molecule has 0 fully saturated rings. The molecule has 1 unspecified atom stereocenters. The maximum atomic E-state index is 11.1. The number of hydrogen-bond donors (Lipinski definition) is 2. The van der Waals surface area contributed by atoms with Gasteiger partial charge in [0.05, 0.1) is 6.04 Å². The Morgan fingerprint density at radius 2 is 1.83 bits per heavy atom. The summed E-state index contributed by atoms with van der Waals surface area (Å²) < 4.78 is 0. The first-order valence-electron chi connectivity index (χ1n) is 8.58. The second-order valence-electron chi connectivity index (χ2n) is 5.68. The second-order valence-corrected chi connectivity index (χ2v) is 5.68. The summed E-state index contributed by atoms with van der Waals surface area (Å²) in [4.78, 5) is 11.1. The van der Waals surface area contributed by atoms with E-state index in [1.165, 1.54) is 11.1 Å². The number of hydrogen-bond acceptors (Lipinski definition) is 3. The quantitative estimate of drug-likeness (QED) is 0.482.